The average Bonchev–Trinajstić information content (AvgIpc) is 2.72. The molecule has 0 unspecified atom stereocenters. The van der Waals surface area contributed by atoms with E-state index in [9.17, 15) is 9.59 Å². The molecule has 0 atom stereocenters. The second kappa shape index (κ2) is 6.91. The van der Waals surface area contributed by atoms with Crippen molar-refractivity contribution in [2.24, 2.45) is 0 Å². The number of aryl methyl sites for hydroxylation is 1. The van der Waals surface area contributed by atoms with E-state index < -0.39 is 0 Å². The second-order valence-corrected chi connectivity index (χ2v) is 6.89. The number of benzene rings is 2. The van der Waals surface area contributed by atoms with Crippen molar-refractivity contribution < 1.29 is 4.74 Å². The Morgan fingerprint density at radius 3 is 2.11 bits per heavy atom. The molecule has 0 aromatic heterocycles. The van der Waals surface area contributed by atoms with Crippen molar-refractivity contribution in [1.82, 2.24) is 0 Å². The Bertz CT molecular complexity index is 1020. The lowest BCUT2D eigenvalue weighted by Crippen LogP contribution is -2.51. The number of piperazine rings is 1. The zero-order valence-electron chi connectivity index (χ0n) is 15.6. The molecule has 0 amide bonds. The maximum absolute atomic E-state index is 12.3. The van der Waals surface area contributed by atoms with Crippen LogP contribution in [0.25, 0.3) is 11.1 Å². The summed E-state index contributed by atoms with van der Waals surface area (Å²) in [6.45, 7) is 4.94. The van der Waals surface area contributed by atoms with Crippen LogP contribution in [0.2, 0.25) is 0 Å². The van der Waals surface area contributed by atoms with Gasteiger partial charge in [0.1, 0.15) is 11.4 Å². The Morgan fingerprint density at radius 2 is 1.44 bits per heavy atom. The predicted octanol–water partition coefficient (Wildman–Crippen LogP) is 2.59. The molecule has 0 spiro atoms. The number of para-hydroxylation sites is 2. The van der Waals surface area contributed by atoms with E-state index >= 15 is 0 Å². The minimum atomic E-state index is -0.374. The quantitative estimate of drug-likeness (QED) is 0.668. The number of ether oxygens (including phenoxy) is 1. The maximum atomic E-state index is 12.3. The smallest absolute Gasteiger partial charge is 0.250 e. The van der Waals surface area contributed by atoms with Crippen LogP contribution in [0, 0.1) is 6.92 Å². The molecule has 0 saturated carbocycles. The highest BCUT2D eigenvalue weighted by atomic mass is 16.5. The van der Waals surface area contributed by atoms with Gasteiger partial charge in [-0.15, -0.1) is 0 Å². The fourth-order valence-electron chi connectivity index (χ4n) is 3.73. The third kappa shape index (κ3) is 2.99. The van der Waals surface area contributed by atoms with E-state index in [2.05, 4.69) is 4.90 Å². The molecular formula is C22H22N2O3. The van der Waals surface area contributed by atoms with Crippen LogP contribution in [0.15, 0.2) is 58.1 Å². The summed E-state index contributed by atoms with van der Waals surface area (Å²) < 4.78 is 5.46. The van der Waals surface area contributed by atoms with Crippen LogP contribution in [0.1, 0.15) is 5.56 Å². The predicted molar refractivity (Wildman–Crippen MR) is 109 cm³/mol. The Balaban J connectivity index is 1.56. The van der Waals surface area contributed by atoms with Crippen molar-refractivity contribution in [3.05, 3.63) is 74.5 Å². The first-order chi connectivity index (χ1) is 13.1. The fourth-order valence-corrected chi connectivity index (χ4v) is 3.73. The van der Waals surface area contributed by atoms with Crippen LogP contribution in [0.4, 0.5) is 11.4 Å². The summed E-state index contributed by atoms with van der Waals surface area (Å²) in [6.07, 6.45) is 0. The van der Waals surface area contributed by atoms with Gasteiger partial charge in [-0.1, -0.05) is 42.0 Å². The monoisotopic (exact) mass is 362 g/mol. The number of hydrogen-bond donors (Lipinski definition) is 0. The molecule has 138 valence electrons. The standard InChI is InChI=1S/C22H22N2O3/c1-15-7-9-16(10-8-15)19-20(22(26)21(19)25)24-13-11-23(12-14-24)17-5-3-4-6-18(17)27-2/h3-10H,11-14H2,1-2H3. The molecule has 0 radical (unpaired) electrons. The zero-order valence-corrected chi connectivity index (χ0v) is 15.6. The summed E-state index contributed by atoms with van der Waals surface area (Å²) >= 11 is 0. The van der Waals surface area contributed by atoms with Crippen LogP contribution in [0.5, 0.6) is 5.75 Å². The Kier molecular flexibility index (Phi) is 4.44. The first-order valence-electron chi connectivity index (χ1n) is 9.13. The van der Waals surface area contributed by atoms with E-state index in [0.717, 1.165) is 35.7 Å². The van der Waals surface area contributed by atoms with Crippen LogP contribution in [0.3, 0.4) is 0 Å². The van der Waals surface area contributed by atoms with Crippen molar-refractivity contribution in [2.75, 3.05) is 43.1 Å². The molecule has 0 N–H and O–H groups in total. The summed E-state index contributed by atoms with van der Waals surface area (Å²) in [7, 11) is 1.67. The lowest BCUT2D eigenvalue weighted by Gasteiger charge is -2.38. The molecule has 27 heavy (non-hydrogen) atoms. The third-order valence-corrected chi connectivity index (χ3v) is 5.25. The maximum Gasteiger partial charge on any atom is 0.250 e. The van der Waals surface area contributed by atoms with E-state index in [1.807, 2.05) is 60.4 Å². The molecule has 3 aromatic carbocycles. The Morgan fingerprint density at radius 1 is 0.815 bits per heavy atom. The second-order valence-electron chi connectivity index (χ2n) is 6.89. The van der Waals surface area contributed by atoms with Gasteiger partial charge in [-0.3, -0.25) is 9.59 Å². The topological polar surface area (TPSA) is 49.9 Å². The summed E-state index contributed by atoms with van der Waals surface area (Å²) in [5, 5.41) is 0. The molecule has 1 fully saturated rings. The largest absolute Gasteiger partial charge is 0.495 e. The third-order valence-electron chi connectivity index (χ3n) is 5.25. The average molecular weight is 362 g/mol. The fraction of sp³-hybridized carbons (Fsp3) is 0.273. The lowest BCUT2D eigenvalue weighted by atomic mass is 9.96. The molecule has 1 aliphatic heterocycles. The van der Waals surface area contributed by atoms with E-state index in [-0.39, 0.29) is 10.9 Å². The molecule has 3 aromatic rings. The Hall–Kier alpha value is -3.08. The number of methoxy groups -OCH3 is 1. The Labute approximate surface area is 158 Å². The van der Waals surface area contributed by atoms with E-state index in [1.54, 1.807) is 7.11 Å². The van der Waals surface area contributed by atoms with Crippen LogP contribution in [-0.2, 0) is 0 Å². The first-order valence-corrected chi connectivity index (χ1v) is 9.13. The lowest BCUT2D eigenvalue weighted by molar-refractivity contribution is 0.413. The first kappa shape index (κ1) is 17.3. The van der Waals surface area contributed by atoms with E-state index in [4.69, 9.17) is 4.74 Å². The van der Waals surface area contributed by atoms with Crippen LogP contribution in [-0.4, -0.2) is 33.3 Å². The van der Waals surface area contributed by atoms with Gasteiger partial charge in [0.2, 0.25) is 10.9 Å². The number of hydrogen-bond acceptors (Lipinski definition) is 5. The molecular weight excluding hydrogens is 340 g/mol. The number of rotatable bonds is 4. The van der Waals surface area contributed by atoms with Crippen molar-refractivity contribution in [3.63, 3.8) is 0 Å². The van der Waals surface area contributed by atoms with Gasteiger partial charge >= 0.3 is 0 Å². The van der Waals surface area contributed by atoms with Gasteiger partial charge in [-0.2, -0.15) is 0 Å². The highest BCUT2D eigenvalue weighted by Gasteiger charge is 2.29. The van der Waals surface area contributed by atoms with Gasteiger partial charge in [0.05, 0.1) is 18.4 Å². The number of nitrogens with zero attached hydrogens (tertiary/aromatic N) is 2. The summed E-state index contributed by atoms with van der Waals surface area (Å²) in [4.78, 5) is 28.8. The molecule has 4 rings (SSSR count). The van der Waals surface area contributed by atoms with Crippen molar-refractivity contribution in [1.29, 1.82) is 0 Å². The van der Waals surface area contributed by atoms with Crippen molar-refractivity contribution >= 4 is 11.4 Å². The van der Waals surface area contributed by atoms with E-state index in [1.165, 1.54) is 0 Å². The van der Waals surface area contributed by atoms with Crippen molar-refractivity contribution in [3.8, 4) is 16.9 Å². The summed E-state index contributed by atoms with van der Waals surface area (Å²) in [5.74, 6) is 0.848. The molecule has 0 aliphatic carbocycles. The highest BCUT2D eigenvalue weighted by molar-refractivity contribution is 5.83. The van der Waals surface area contributed by atoms with Crippen LogP contribution < -0.4 is 25.4 Å². The van der Waals surface area contributed by atoms with Gasteiger partial charge in [0, 0.05) is 26.2 Å². The molecule has 1 aliphatic rings. The minimum absolute atomic E-state index is 0.365. The van der Waals surface area contributed by atoms with Gasteiger partial charge in [-0.05, 0) is 24.6 Å². The highest BCUT2D eigenvalue weighted by Crippen LogP contribution is 2.31. The summed E-state index contributed by atoms with van der Waals surface area (Å²) in [5.41, 5.74) is 3.41. The molecule has 1 heterocycles. The molecule has 5 nitrogen and oxygen atoms in total. The van der Waals surface area contributed by atoms with Gasteiger partial charge < -0.3 is 14.5 Å². The zero-order chi connectivity index (χ0) is 19.0. The molecule has 0 bridgehead atoms. The minimum Gasteiger partial charge on any atom is -0.495 e. The van der Waals surface area contributed by atoms with Crippen molar-refractivity contribution in [2.45, 2.75) is 6.92 Å². The summed E-state index contributed by atoms with van der Waals surface area (Å²) in [6, 6.07) is 15.7. The normalized spacial score (nSPS) is 14.6. The van der Waals surface area contributed by atoms with Gasteiger partial charge in [-0.25, -0.2) is 0 Å². The van der Waals surface area contributed by atoms with E-state index in [0.29, 0.717) is 24.3 Å². The van der Waals surface area contributed by atoms with Gasteiger partial charge in [0.25, 0.3) is 0 Å². The molecule has 1 saturated heterocycles. The number of anilines is 2. The van der Waals surface area contributed by atoms with Crippen LogP contribution >= 0.6 is 0 Å². The SMILES string of the molecule is COc1ccccc1N1CCN(c2c(-c3ccc(C)cc3)c(=O)c2=O)CC1. The van der Waals surface area contributed by atoms with Gasteiger partial charge in [0.15, 0.2) is 0 Å². The molecule has 5 heteroatoms.